The van der Waals surface area contributed by atoms with Crippen molar-refractivity contribution in [2.24, 2.45) is 17.6 Å². The molecule has 66 valence electrons. The Morgan fingerprint density at radius 2 is 2.27 bits per heavy atom. The first-order valence-electron chi connectivity index (χ1n) is 4.73. The van der Waals surface area contributed by atoms with Gasteiger partial charge in [0.15, 0.2) is 0 Å². The molecule has 0 spiro atoms. The lowest BCUT2D eigenvalue weighted by molar-refractivity contribution is 0.507. The summed E-state index contributed by atoms with van der Waals surface area (Å²) in [4.78, 5) is 0. The van der Waals surface area contributed by atoms with Crippen LogP contribution in [0.15, 0.2) is 0 Å². The Morgan fingerprint density at radius 3 is 2.82 bits per heavy atom. The Kier molecular flexibility index (Phi) is 3.87. The molecule has 1 fully saturated rings. The molecule has 1 aliphatic carbocycles. The highest BCUT2D eigenvalue weighted by molar-refractivity contribution is 4.73. The van der Waals surface area contributed by atoms with E-state index >= 15 is 0 Å². The van der Waals surface area contributed by atoms with Gasteiger partial charge in [0, 0.05) is 0 Å². The lowest BCUT2D eigenvalue weighted by Gasteiger charge is -2.08. The van der Waals surface area contributed by atoms with Crippen molar-refractivity contribution in [1.82, 2.24) is 5.32 Å². The zero-order valence-corrected chi connectivity index (χ0v) is 7.47. The van der Waals surface area contributed by atoms with E-state index in [0.29, 0.717) is 5.92 Å². The summed E-state index contributed by atoms with van der Waals surface area (Å²) in [5.74, 6) is 1.69. The fourth-order valence-electron chi connectivity index (χ4n) is 1.14. The van der Waals surface area contributed by atoms with Gasteiger partial charge in [-0.3, -0.25) is 0 Å². The highest BCUT2D eigenvalue weighted by Gasteiger charge is 2.19. The van der Waals surface area contributed by atoms with Crippen molar-refractivity contribution in [2.45, 2.75) is 26.2 Å². The predicted molar refractivity (Wildman–Crippen MR) is 48.4 cm³/mol. The number of nitrogens with one attached hydrogen (secondary N) is 1. The molecule has 2 heteroatoms. The third kappa shape index (κ3) is 4.38. The van der Waals surface area contributed by atoms with Crippen LogP contribution >= 0.6 is 0 Å². The maximum atomic E-state index is 5.49. The van der Waals surface area contributed by atoms with E-state index < -0.39 is 0 Å². The Hall–Kier alpha value is -0.0800. The maximum Gasteiger partial charge on any atom is -0.00111 e. The van der Waals surface area contributed by atoms with Gasteiger partial charge in [0.25, 0.3) is 0 Å². The maximum absolute atomic E-state index is 5.49. The zero-order valence-electron chi connectivity index (χ0n) is 7.47. The standard InChI is InChI=1S/C9H20N2/c1-8(6-10)7-11-5-4-9-2-3-9/h8-9,11H,2-7,10H2,1H3. The van der Waals surface area contributed by atoms with Crippen LogP contribution in [0, 0.1) is 11.8 Å². The van der Waals surface area contributed by atoms with Crippen LogP contribution in [0.25, 0.3) is 0 Å². The molecule has 2 nitrogen and oxygen atoms in total. The molecule has 0 heterocycles. The van der Waals surface area contributed by atoms with E-state index in [4.69, 9.17) is 5.73 Å². The second-order valence-corrected chi connectivity index (χ2v) is 3.78. The normalized spacial score (nSPS) is 20.2. The third-order valence-electron chi connectivity index (χ3n) is 2.32. The minimum absolute atomic E-state index is 0.634. The van der Waals surface area contributed by atoms with Gasteiger partial charge in [-0.2, -0.15) is 0 Å². The number of hydrogen-bond acceptors (Lipinski definition) is 2. The first-order chi connectivity index (χ1) is 5.33. The van der Waals surface area contributed by atoms with Crippen LogP contribution in [-0.2, 0) is 0 Å². The molecular weight excluding hydrogens is 136 g/mol. The topological polar surface area (TPSA) is 38.0 Å². The second-order valence-electron chi connectivity index (χ2n) is 3.78. The molecule has 0 aliphatic heterocycles. The number of nitrogens with two attached hydrogens (primary N) is 1. The molecule has 3 N–H and O–H groups in total. The van der Waals surface area contributed by atoms with Crippen LogP contribution in [0.2, 0.25) is 0 Å². The molecule has 0 saturated heterocycles. The molecular formula is C9H20N2. The van der Waals surface area contributed by atoms with Crippen molar-refractivity contribution in [3.8, 4) is 0 Å². The highest BCUT2D eigenvalue weighted by atomic mass is 14.9. The highest BCUT2D eigenvalue weighted by Crippen LogP contribution is 2.31. The van der Waals surface area contributed by atoms with Crippen LogP contribution in [0.1, 0.15) is 26.2 Å². The molecule has 0 aromatic carbocycles. The monoisotopic (exact) mass is 156 g/mol. The first kappa shape index (κ1) is 9.01. The van der Waals surface area contributed by atoms with Gasteiger partial charge in [-0.1, -0.05) is 19.8 Å². The molecule has 0 aromatic rings. The zero-order chi connectivity index (χ0) is 8.10. The van der Waals surface area contributed by atoms with Crippen molar-refractivity contribution >= 4 is 0 Å². The van der Waals surface area contributed by atoms with Gasteiger partial charge >= 0.3 is 0 Å². The third-order valence-corrected chi connectivity index (χ3v) is 2.32. The van der Waals surface area contributed by atoms with Gasteiger partial charge < -0.3 is 11.1 Å². The fraction of sp³-hybridized carbons (Fsp3) is 1.00. The lowest BCUT2D eigenvalue weighted by Crippen LogP contribution is -2.27. The minimum Gasteiger partial charge on any atom is -0.330 e. The van der Waals surface area contributed by atoms with Crippen molar-refractivity contribution in [3.05, 3.63) is 0 Å². The molecule has 1 unspecified atom stereocenters. The van der Waals surface area contributed by atoms with Crippen molar-refractivity contribution < 1.29 is 0 Å². The Bertz CT molecular complexity index is 99.7. The SMILES string of the molecule is CC(CN)CNCCC1CC1. The molecule has 0 radical (unpaired) electrons. The van der Waals surface area contributed by atoms with Gasteiger partial charge in [-0.15, -0.1) is 0 Å². The molecule has 1 rings (SSSR count). The minimum atomic E-state index is 0.634. The van der Waals surface area contributed by atoms with E-state index in [1.165, 1.54) is 25.8 Å². The predicted octanol–water partition coefficient (Wildman–Crippen LogP) is 0.971. The molecule has 1 atom stereocenters. The van der Waals surface area contributed by atoms with E-state index in [9.17, 15) is 0 Å². The number of hydrogen-bond donors (Lipinski definition) is 2. The molecule has 1 saturated carbocycles. The first-order valence-corrected chi connectivity index (χ1v) is 4.73. The van der Waals surface area contributed by atoms with Gasteiger partial charge in [-0.25, -0.2) is 0 Å². The second kappa shape index (κ2) is 4.73. The summed E-state index contributed by atoms with van der Waals surface area (Å²) < 4.78 is 0. The van der Waals surface area contributed by atoms with Crippen molar-refractivity contribution in [2.75, 3.05) is 19.6 Å². The van der Waals surface area contributed by atoms with Gasteiger partial charge in [0.1, 0.15) is 0 Å². The van der Waals surface area contributed by atoms with Gasteiger partial charge in [0.05, 0.1) is 0 Å². The molecule has 11 heavy (non-hydrogen) atoms. The van der Waals surface area contributed by atoms with E-state index in [2.05, 4.69) is 12.2 Å². The van der Waals surface area contributed by atoms with E-state index in [1.807, 2.05) is 0 Å². The summed E-state index contributed by atoms with van der Waals surface area (Å²) in [6.07, 6.45) is 4.31. The Morgan fingerprint density at radius 1 is 1.55 bits per heavy atom. The van der Waals surface area contributed by atoms with Crippen LogP contribution in [0.3, 0.4) is 0 Å². The summed E-state index contributed by atoms with van der Waals surface area (Å²) in [5.41, 5.74) is 5.49. The quantitative estimate of drug-likeness (QED) is 0.562. The Labute approximate surface area is 69.5 Å². The molecule has 0 bridgehead atoms. The number of rotatable bonds is 6. The van der Waals surface area contributed by atoms with Gasteiger partial charge in [0.2, 0.25) is 0 Å². The summed E-state index contributed by atoms with van der Waals surface area (Å²) in [7, 11) is 0. The van der Waals surface area contributed by atoms with Gasteiger partial charge in [-0.05, 0) is 37.9 Å². The average molecular weight is 156 g/mol. The summed E-state index contributed by atoms with van der Waals surface area (Å²) in [6, 6.07) is 0. The average Bonchev–Trinajstić information content (AvgIpc) is 2.81. The van der Waals surface area contributed by atoms with Crippen LogP contribution < -0.4 is 11.1 Å². The molecule has 1 aliphatic rings. The summed E-state index contributed by atoms with van der Waals surface area (Å²) in [5, 5.41) is 3.43. The van der Waals surface area contributed by atoms with E-state index in [0.717, 1.165) is 19.0 Å². The van der Waals surface area contributed by atoms with Crippen LogP contribution in [0.5, 0.6) is 0 Å². The smallest absolute Gasteiger partial charge is 0.00111 e. The fourth-order valence-corrected chi connectivity index (χ4v) is 1.14. The van der Waals surface area contributed by atoms with E-state index in [-0.39, 0.29) is 0 Å². The summed E-state index contributed by atoms with van der Waals surface area (Å²) in [6.45, 7) is 5.26. The largest absolute Gasteiger partial charge is 0.330 e. The summed E-state index contributed by atoms with van der Waals surface area (Å²) >= 11 is 0. The molecule has 0 amide bonds. The molecule has 0 aromatic heterocycles. The van der Waals surface area contributed by atoms with E-state index in [1.54, 1.807) is 0 Å². The van der Waals surface area contributed by atoms with Crippen LogP contribution in [-0.4, -0.2) is 19.6 Å². The van der Waals surface area contributed by atoms with Crippen molar-refractivity contribution in [1.29, 1.82) is 0 Å². The van der Waals surface area contributed by atoms with Crippen LogP contribution in [0.4, 0.5) is 0 Å². The van der Waals surface area contributed by atoms with Crippen molar-refractivity contribution in [3.63, 3.8) is 0 Å². The Balaban J connectivity index is 1.79. The lowest BCUT2D eigenvalue weighted by atomic mass is 10.2.